The topological polar surface area (TPSA) is 58.0 Å². The monoisotopic (exact) mass is 298 g/mol. The van der Waals surface area contributed by atoms with Gasteiger partial charge < -0.3 is 9.80 Å². The first kappa shape index (κ1) is 14.7. The molecule has 0 N–H and O–H groups in total. The number of fused-ring (bicyclic) bond motifs is 1. The van der Waals surface area contributed by atoms with E-state index in [4.69, 9.17) is 4.98 Å². The van der Waals surface area contributed by atoms with Crippen LogP contribution in [0.4, 0.5) is 11.6 Å². The molecule has 1 aliphatic rings. The third-order valence-corrected chi connectivity index (χ3v) is 3.68. The molecule has 3 heterocycles. The Bertz CT molecular complexity index is 667. The Balaban J connectivity index is 1.86. The van der Waals surface area contributed by atoms with E-state index in [1.807, 2.05) is 25.2 Å². The van der Waals surface area contributed by atoms with Gasteiger partial charge in [-0.1, -0.05) is 13.8 Å². The Hall–Kier alpha value is -2.24. The number of nitrogens with zero attached hydrogens (tertiary/aromatic N) is 6. The lowest BCUT2D eigenvalue weighted by molar-refractivity contribution is 0.617. The predicted molar refractivity (Wildman–Crippen MR) is 86.8 cm³/mol. The van der Waals surface area contributed by atoms with Crippen LogP contribution in [0.25, 0.3) is 0 Å². The standard InChI is InChI=1S/C16H22N6/c1-11(2)7-14-19-8-12-9-22(10-13(12)20-14)16-15(21(3)4)17-5-6-18-16/h5-6,8,11H,7,9-10H2,1-4H3. The lowest BCUT2D eigenvalue weighted by Gasteiger charge is -2.22. The molecule has 6 nitrogen and oxygen atoms in total. The van der Waals surface area contributed by atoms with Gasteiger partial charge in [0, 0.05) is 51.2 Å². The van der Waals surface area contributed by atoms with E-state index in [2.05, 4.69) is 33.7 Å². The highest BCUT2D eigenvalue weighted by Gasteiger charge is 2.25. The summed E-state index contributed by atoms with van der Waals surface area (Å²) in [5.41, 5.74) is 2.30. The molecule has 0 radical (unpaired) electrons. The number of anilines is 2. The summed E-state index contributed by atoms with van der Waals surface area (Å²) in [5, 5.41) is 0. The average Bonchev–Trinajstić information content (AvgIpc) is 2.89. The van der Waals surface area contributed by atoms with Crippen molar-refractivity contribution in [2.24, 2.45) is 5.92 Å². The van der Waals surface area contributed by atoms with Gasteiger partial charge in [-0.05, 0) is 5.92 Å². The summed E-state index contributed by atoms with van der Waals surface area (Å²) in [4.78, 5) is 22.4. The van der Waals surface area contributed by atoms with Crippen LogP contribution in [-0.4, -0.2) is 34.0 Å². The van der Waals surface area contributed by atoms with Crippen molar-refractivity contribution in [2.75, 3.05) is 23.9 Å². The van der Waals surface area contributed by atoms with Gasteiger partial charge in [0.15, 0.2) is 11.6 Å². The van der Waals surface area contributed by atoms with Crippen LogP contribution in [0.3, 0.4) is 0 Å². The van der Waals surface area contributed by atoms with Crippen molar-refractivity contribution in [1.29, 1.82) is 0 Å². The molecule has 0 bridgehead atoms. The van der Waals surface area contributed by atoms with Crippen LogP contribution >= 0.6 is 0 Å². The zero-order chi connectivity index (χ0) is 15.7. The van der Waals surface area contributed by atoms with Crippen molar-refractivity contribution >= 4 is 11.6 Å². The average molecular weight is 298 g/mol. The van der Waals surface area contributed by atoms with Gasteiger partial charge in [-0.2, -0.15) is 0 Å². The van der Waals surface area contributed by atoms with Gasteiger partial charge in [0.1, 0.15) is 5.82 Å². The maximum atomic E-state index is 4.73. The molecule has 116 valence electrons. The molecule has 0 aromatic carbocycles. The Kier molecular flexibility index (Phi) is 3.92. The number of aromatic nitrogens is 4. The first-order valence-corrected chi connectivity index (χ1v) is 7.61. The largest absolute Gasteiger partial charge is 0.360 e. The van der Waals surface area contributed by atoms with Gasteiger partial charge in [-0.3, -0.25) is 0 Å². The summed E-state index contributed by atoms with van der Waals surface area (Å²) in [6.45, 7) is 5.93. The summed E-state index contributed by atoms with van der Waals surface area (Å²) in [6.07, 6.45) is 6.34. The summed E-state index contributed by atoms with van der Waals surface area (Å²) < 4.78 is 0. The van der Waals surface area contributed by atoms with Gasteiger partial charge in [0.2, 0.25) is 0 Å². The third-order valence-electron chi connectivity index (χ3n) is 3.68. The lowest BCUT2D eigenvalue weighted by atomic mass is 10.1. The maximum absolute atomic E-state index is 4.73. The van der Waals surface area contributed by atoms with E-state index in [1.165, 1.54) is 5.56 Å². The second-order valence-electron chi connectivity index (χ2n) is 6.31. The molecule has 0 unspecified atom stereocenters. The van der Waals surface area contributed by atoms with Crippen LogP contribution in [0.5, 0.6) is 0 Å². The molecule has 2 aromatic heterocycles. The SMILES string of the molecule is CC(C)Cc1ncc2c(n1)CN(c1nccnc1N(C)C)C2. The van der Waals surface area contributed by atoms with Gasteiger partial charge in [0.05, 0.1) is 12.2 Å². The summed E-state index contributed by atoms with van der Waals surface area (Å²) in [5.74, 6) is 3.28. The van der Waals surface area contributed by atoms with Crippen molar-refractivity contribution in [1.82, 2.24) is 19.9 Å². The first-order valence-electron chi connectivity index (χ1n) is 7.61. The molecule has 1 aliphatic heterocycles. The number of hydrogen-bond donors (Lipinski definition) is 0. The van der Waals surface area contributed by atoms with Crippen molar-refractivity contribution < 1.29 is 0 Å². The molecule has 0 saturated carbocycles. The van der Waals surface area contributed by atoms with Gasteiger partial charge >= 0.3 is 0 Å². The fourth-order valence-electron chi connectivity index (χ4n) is 2.67. The van der Waals surface area contributed by atoms with E-state index in [0.29, 0.717) is 5.92 Å². The zero-order valence-electron chi connectivity index (χ0n) is 13.6. The minimum absolute atomic E-state index is 0.566. The van der Waals surface area contributed by atoms with E-state index in [-0.39, 0.29) is 0 Å². The fourth-order valence-corrected chi connectivity index (χ4v) is 2.67. The number of hydrogen-bond acceptors (Lipinski definition) is 6. The van der Waals surface area contributed by atoms with Crippen LogP contribution in [0.2, 0.25) is 0 Å². The third kappa shape index (κ3) is 2.86. The molecule has 6 heteroatoms. The van der Waals surface area contributed by atoms with Crippen LogP contribution < -0.4 is 9.80 Å². The summed E-state index contributed by atoms with van der Waals surface area (Å²) in [6, 6.07) is 0. The molecule has 2 aromatic rings. The molecule has 0 amide bonds. The van der Waals surface area contributed by atoms with E-state index < -0.39 is 0 Å². The second kappa shape index (κ2) is 5.87. The molecule has 0 fully saturated rings. The van der Waals surface area contributed by atoms with E-state index in [9.17, 15) is 0 Å². The Morgan fingerprint density at radius 3 is 2.64 bits per heavy atom. The molecule has 0 saturated heterocycles. The van der Waals surface area contributed by atoms with E-state index in [0.717, 1.165) is 42.7 Å². The van der Waals surface area contributed by atoms with Gasteiger partial charge in [-0.25, -0.2) is 19.9 Å². The Morgan fingerprint density at radius 1 is 1.14 bits per heavy atom. The molecule has 3 rings (SSSR count). The molecular weight excluding hydrogens is 276 g/mol. The lowest BCUT2D eigenvalue weighted by Crippen LogP contribution is -2.21. The highest BCUT2D eigenvalue weighted by molar-refractivity contribution is 5.62. The predicted octanol–water partition coefficient (Wildman–Crippen LogP) is 2.05. The molecular formula is C16H22N6. The molecule has 22 heavy (non-hydrogen) atoms. The first-order chi connectivity index (χ1) is 10.5. The minimum atomic E-state index is 0.566. The van der Waals surface area contributed by atoms with Crippen molar-refractivity contribution in [3.05, 3.63) is 35.7 Å². The van der Waals surface area contributed by atoms with E-state index >= 15 is 0 Å². The van der Waals surface area contributed by atoms with Crippen molar-refractivity contribution in [3.63, 3.8) is 0 Å². The van der Waals surface area contributed by atoms with E-state index in [1.54, 1.807) is 12.4 Å². The Morgan fingerprint density at radius 2 is 1.91 bits per heavy atom. The van der Waals surface area contributed by atoms with Crippen LogP contribution in [0, 0.1) is 5.92 Å². The van der Waals surface area contributed by atoms with Crippen molar-refractivity contribution in [3.8, 4) is 0 Å². The van der Waals surface area contributed by atoms with Crippen LogP contribution in [0.15, 0.2) is 18.6 Å². The highest BCUT2D eigenvalue weighted by atomic mass is 15.3. The summed E-state index contributed by atoms with van der Waals surface area (Å²) in [7, 11) is 3.97. The molecule has 0 spiro atoms. The fraction of sp³-hybridized carbons (Fsp3) is 0.500. The molecule has 0 aliphatic carbocycles. The normalized spacial score (nSPS) is 13.6. The Labute approximate surface area is 131 Å². The maximum Gasteiger partial charge on any atom is 0.172 e. The zero-order valence-corrected chi connectivity index (χ0v) is 13.6. The number of rotatable bonds is 4. The van der Waals surface area contributed by atoms with Crippen molar-refractivity contribution in [2.45, 2.75) is 33.4 Å². The highest BCUT2D eigenvalue weighted by Crippen LogP contribution is 2.30. The van der Waals surface area contributed by atoms with Gasteiger partial charge in [0.25, 0.3) is 0 Å². The van der Waals surface area contributed by atoms with Gasteiger partial charge in [-0.15, -0.1) is 0 Å². The minimum Gasteiger partial charge on any atom is -0.360 e. The quantitative estimate of drug-likeness (QED) is 0.861. The second-order valence-corrected chi connectivity index (χ2v) is 6.31. The smallest absolute Gasteiger partial charge is 0.172 e. The van der Waals surface area contributed by atoms with Crippen LogP contribution in [-0.2, 0) is 19.5 Å². The summed E-state index contributed by atoms with van der Waals surface area (Å²) >= 11 is 0. The molecule has 0 atom stereocenters. The van der Waals surface area contributed by atoms with Crippen LogP contribution in [0.1, 0.15) is 30.9 Å².